The van der Waals surface area contributed by atoms with Crippen LogP contribution in [0.15, 0.2) is 78.1 Å². The van der Waals surface area contributed by atoms with Gasteiger partial charge in [-0.25, -0.2) is 9.78 Å². The monoisotopic (exact) mass is 551 g/mol. The number of pyridine rings is 2. The van der Waals surface area contributed by atoms with Crippen LogP contribution in [0.1, 0.15) is 51.1 Å². The van der Waals surface area contributed by atoms with Crippen LogP contribution >= 0.6 is 0 Å². The van der Waals surface area contributed by atoms with Gasteiger partial charge in [0.1, 0.15) is 17.3 Å². The van der Waals surface area contributed by atoms with Crippen molar-refractivity contribution >= 4 is 29.2 Å². The lowest BCUT2D eigenvalue weighted by Gasteiger charge is -2.37. The number of rotatable bonds is 7. The molecule has 6 rings (SSSR count). The number of amides is 3. The van der Waals surface area contributed by atoms with E-state index in [0.29, 0.717) is 23.0 Å². The van der Waals surface area contributed by atoms with Crippen molar-refractivity contribution in [2.45, 2.75) is 57.4 Å². The molecule has 9 heteroatoms. The second-order valence-corrected chi connectivity index (χ2v) is 10.9. The third-order valence-electron chi connectivity index (χ3n) is 8.38. The molecule has 3 aromatic rings. The number of ether oxygens (including phenoxy) is 1. The maximum atomic E-state index is 13.7. The molecule has 3 amide bonds. The van der Waals surface area contributed by atoms with Crippen LogP contribution in [0.2, 0.25) is 0 Å². The van der Waals surface area contributed by atoms with Gasteiger partial charge in [-0.2, -0.15) is 0 Å². The minimum Gasteiger partial charge on any atom is -0.456 e. The lowest BCUT2D eigenvalue weighted by Crippen LogP contribution is -2.46. The van der Waals surface area contributed by atoms with Crippen molar-refractivity contribution in [1.29, 1.82) is 0 Å². The topological polar surface area (TPSA) is 105 Å². The van der Waals surface area contributed by atoms with Gasteiger partial charge < -0.3 is 9.64 Å². The van der Waals surface area contributed by atoms with Crippen molar-refractivity contribution in [3.8, 4) is 11.5 Å². The van der Waals surface area contributed by atoms with Gasteiger partial charge in [0, 0.05) is 36.7 Å². The predicted octanol–water partition coefficient (Wildman–Crippen LogP) is 5.68. The molecule has 1 saturated carbocycles. The van der Waals surface area contributed by atoms with Crippen LogP contribution in [-0.4, -0.2) is 51.2 Å². The Balaban J connectivity index is 1.13. The molecule has 9 nitrogen and oxygen atoms in total. The summed E-state index contributed by atoms with van der Waals surface area (Å²) in [4.78, 5) is 51.9. The number of aromatic nitrogens is 2. The van der Waals surface area contributed by atoms with Crippen molar-refractivity contribution in [2.75, 3.05) is 23.3 Å². The summed E-state index contributed by atoms with van der Waals surface area (Å²) in [6.07, 6.45) is 8.96. The zero-order chi connectivity index (χ0) is 28.4. The molecule has 0 atom stereocenters. The second kappa shape index (κ2) is 11.2. The Morgan fingerprint density at radius 1 is 0.951 bits per heavy atom. The van der Waals surface area contributed by atoms with Gasteiger partial charge in [-0.3, -0.25) is 24.8 Å². The van der Waals surface area contributed by atoms with E-state index >= 15 is 0 Å². The SMILES string of the molecule is CC1=C(C(=O)Cc2ccc(Oc3ccnc(NC(=O)N4CCCC4)c3)cn2)C(=O)N(c2ccccc2)C12CCCC2. The molecule has 0 radical (unpaired) electrons. The molecule has 1 spiro atoms. The normalized spacial score (nSPS) is 17.9. The number of carbonyl (C=O) groups excluding carboxylic acids is 3. The van der Waals surface area contributed by atoms with E-state index in [1.54, 1.807) is 41.6 Å². The lowest BCUT2D eigenvalue weighted by molar-refractivity contribution is -0.120. The highest BCUT2D eigenvalue weighted by Gasteiger charge is 2.52. The molecule has 1 aromatic carbocycles. The third-order valence-corrected chi connectivity index (χ3v) is 8.38. The Labute approximate surface area is 239 Å². The molecule has 41 heavy (non-hydrogen) atoms. The minimum absolute atomic E-state index is 0.0271. The molecule has 2 aromatic heterocycles. The maximum Gasteiger partial charge on any atom is 0.323 e. The van der Waals surface area contributed by atoms with Crippen molar-refractivity contribution in [1.82, 2.24) is 14.9 Å². The predicted molar refractivity (Wildman–Crippen MR) is 155 cm³/mol. The zero-order valence-corrected chi connectivity index (χ0v) is 23.1. The molecule has 2 fully saturated rings. The van der Waals surface area contributed by atoms with Crippen LogP contribution in [-0.2, 0) is 16.0 Å². The molecular formula is C32H33N5O4. The number of hydrogen-bond acceptors (Lipinski definition) is 6. The van der Waals surface area contributed by atoms with Crippen molar-refractivity contribution < 1.29 is 19.1 Å². The molecule has 1 N–H and O–H groups in total. The summed E-state index contributed by atoms with van der Waals surface area (Å²) in [5.41, 5.74) is 2.13. The summed E-state index contributed by atoms with van der Waals surface area (Å²) < 4.78 is 5.92. The lowest BCUT2D eigenvalue weighted by atomic mass is 9.87. The van der Waals surface area contributed by atoms with E-state index in [0.717, 1.165) is 62.9 Å². The first-order chi connectivity index (χ1) is 19.9. The average Bonchev–Trinajstić information content (AvgIpc) is 3.73. The molecule has 3 aliphatic rings. The number of likely N-dealkylation sites (tertiary alicyclic amines) is 1. The number of anilines is 2. The number of benzene rings is 1. The Morgan fingerprint density at radius 3 is 2.41 bits per heavy atom. The van der Waals surface area contributed by atoms with E-state index in [2.05, 4.69) is 15.3 Å². The molecule has 0 unspecified atom stereocenters. The van der Waals surface area contributed by atoms with Gasteiger partial charge in [-0.05, 0) is 68.5 Å². The van der Waals surface area contributed by atoms with E-state index in [1.165, 1.54) is 0 Å². The van der Waals surface area contributed by atoms with Crippen LogP contribution < -0.4 is 15.0 Å². The number of urea groups is 1. The first kappa shape index (κ1) is 26.7. The van der Waals surface area contributed by atoms with Crippen LogP contribution in [0.3, 0.4) is 0 Å². The van der Waals surface area contributed by atoms with E-state index in [4.69, 9.17) is 4.74 Å². The van der Waals surface area contributed by atoms with Gasteiger partial charge in [-0.1, -0.05) is 31.0 Å². The smallest absolute Gasteiger partial charge is 0.323 e. The van der Waals surface area contributed by atoms with E-state index < -0.39 is 5.54 Å². The Hall–Kier alpha value is -4.53. The third kappa shape index (κ3) is 5.19. The maximum absolute atomic E-state index is 13.7. The summed E-state index contributed by atoms with van der Waals surface area (Å²) in [7, 11) is 0. The van der Waals surface area contributed by atoms with Crippen molar-refractivity contribution in [2.24, 2.45) is 0 Å². The van der Waals surface area contributed by atoms with Crippen LogP contribution in [0, 0.1) is 0 Å². The number of Topliss-reactive ketones (excluding diaryl/α,β-unsaturated/α-hetero) is 1. The first-order valence-corrected chi connectivity index (χ1v) is 14.2. The summed E-state index contributed by atoms with van der Waals surface area (Å²) >= 11 is 0. The molecule has 0 bridgehead atoms. The van der Waals surface area contributed by atoms with Gasteiger partial charge in [0.25, 0.3) is 5.91 Å². The summed E-state index contributed by atoms with van der Waals surface area (Å²) in [6.45, 7) is 3.44. The fraction of sp³-hybridized carbons (Fsp3) is 0.344. The largest absolute Gasteiger partial charge is 0.456 e. The number of para-hydroxylation sites is 1. The van der Waals surface area contributed by atoms with E-state index in [1.807, 2.05) is 42.2 Å². The standard InChI is InChI=1S/C32H33N5O4/c1-22-29(30(39)37(24-9-3-2-4-10-24)32(22)14-5-6-15-32)27(38)19-23-11-12-26(21-34-23)41-25-13-16-33-28(20-25)35-31(40)36-17-7-8-18-36/h2-4,9-13,16,20-21H,5-8,14-15,17-19H2,1H3,(H,33,35,40). The van der Waals surface area contributed by atoms with Gasteiger partial charge in [-0.15, -0.1) is 0 Å². The molecule has 1 saturated heterocycles. The average molecular weight is 552 g/mol. The van der Waals surface area contributed by atoms with Gasteiger partial charge in [0.2, 0.25) is 0 Å². The summed E-state index contributed by atoms with van der Waals surface area (Å²) in [6, 6.07) is 16.3. The highest BCUT2D eigenvalue weighted by molar-refractivity contribution is 6.28. The molecule has 4 heterocycles. The van der Waals surface area contributed by atoms with Gasteiger partial charge in [0.15, 0.2) is 5.78 Å². The Bertz CT molecular complexity index is 1490. The van der Waals surface area contributed by atoms with Crippen LogP contribution in [0.5, 0.6) is 11.5 Å². The number of hydrogen-bond donors (Lipinski definition) is 1. The number of carbonyl (C=O) groups is 3. The van der Waals surface area contributed by atoms with Crippen molar-refractivity contribution in [3.63, 3.8) is 0 Å². The van der Waals surface area contributed by atoms with E-state index in [9.17, 15) is 14.4 Å². The fourth-order valence-electron chi connectivity index (χ4n) is 6.31. The van der Waals surface area contributed by atoms with Gasteiger partial charge >= 0.3 is 6.03 Å². The van der Waals surface area contributed by atoms with Crippen LogP contribution in [0.25, 0.3) is 0 Å². The molecule has 1 aliphatic carbocycles. The molecule has 2 aliphatic heterocycles. The van der Waals surface area contributed by atoms with Crippen molar-refractivity contribution in [3.05, 3.63) is 83.8 Å². The number of ketones is 1. The molecule has 210 valence electrons. The summed E-state index contributed by atoms with van der Waals surface area (Å²) in [5.74, 6) is 0.958. The Morgan fingerprint density at radius 2 is 1.71 bits per heavy atom. The Kier molecular flexibility index (Phi) is 7.26. The summed E-state index contributed by atoms with van der Waals surface area (Å²) in [5, 5.41) is 2.81. The van der Waals surface area contributed by atoms with Crippen LogP contribution in [0.4, 0.5) is 16.3 Å². The minimum atomic E-state index is -0.425. The highest BCUT2D eigenvalue weighted by atomic mass is 16.5. The quantitative estimate of drug-likeness (QED) is 0.379. The zero-order valence-electron chi connectivity index (χ0n) is 23.1. The first-order valence-electron chi connectivity index (χ1n) is 14.2. The molecular weight excluding hydrogens is 518 g/mol. The van der Waals surface area contributed by atoms with E-state index in [-0.39, 0.29) is 29.7 Å². The number of nitrogens with zero attached hydrogens (tertiary/aromatic N) is 4. The van der Waals surface area contributed by atoms with Gasteiger partial charge in [0.05, 0.1) is 23.7 Å². The fourth-order valence-corrected chi connectivity index (χ4v) is 6.31. The number of nitrogens with one attached hydrogen (secondary N) is 1. The highest BCUT2D eigenvalue weighted by Crippen LogP contribution is 2.49. The second-order valence-electron chi connectivity index (χ2n) is 10.9.